The second-order valence-corrected chi connectivity index (χ2v) is 18.5. The second kappa shape index (κ2) is 15.3. The molecule has 0 amide bonds. The van der Waals surface area contributed by atoms with Gasteiger partial charge >= 0.3 is 0 Å². The molecule has 0 saturated heterocycles. The molecule has 0 radical (unpaired) electrons. The summed E-state index contributed by atoms with van der Waals surface area (Å²) in [7, 11) is 0. The fourth-order valence-electron chi connectivity index (χ4n) is 12.5. The minimum Gasteiger partial charge on any atom is -0.364 e. The van der Waals surface area contributed by atoms with Crippen molar-refractivity contribution in [2.24, 2.45) is 17.8 Å². The Labute approximate surface area is 342 Å². The van der Waals surface area contributed by atoms with Gasteiger partial charge in [0.2, 0.25) is 0 Å². The van der Waals surface area contributed by atoms with Crippen LogP contribution in [0, 0.1) is 17.8 Å². The van der Waals surface area contributed by atoms with Crippen molar-refractivity contribution in [1.29, 1.82) is 0 Å². The molecule has 11 rings (SSSR count). The molecule has 0 fully saturated rings. The molecule has 2 aliphatic heterocycles. The maximum absolute atomic E-state index is 2.92. The molecular formula is C55H60N2. The molecule has 0 aromatic heterocycles. The smallest absolute Gasteiger partial charge is 0.0523 e. The number of hydrogen-bond acceptors (Lipinski definition) is 2. The third-order valence-electron chi connectivity index (χ3n) is 15.3. The molecule has 2 heterocycles. The predicted molar refractivity (Wildman–Crippen MR) is 239 cm³/mol. The molecule has 0 spiro atoms. The maximum Gasteiger partial charge on any atom is 0.0523 e. The van der Waals surface area contributed by atoms with Gasteiger partial charge in [-0.3, -0.25) is 0 Å². The summed E-state index contributed by atoms with van der Waals surface area (Å²) < 4.78 is 0. The van der Waals surface area contributed by atoms with Crippen molar-refractivity contribution in [1.82, 2.24) is 4.90 Å². The molecule has 0 bridgehead atoms. The van der Waals surface area contributed by atoms with Gasteiger partial charge in [-0.1, -0.05) is 109 Å². The van der Waals surface area contributed by atoms with E-state index in [1.807, 2.05) is 0 Å². The van der Waals surface area contributed by atoms with Crippen LogP contribution >= 0.6 is 0 Å². The van der Waals surface area contributed by atoms with Crippen molar-refractivity contribution in [2.45, 2.75) is 127 Å². The number of benzene rings is 2. The van der Waals surface area contributed by atoms with E-state index in [4.69, 9.17) is 0 Å². The summed E-state index contributed by atoms with van der Waals surface area (Å²) >= 11 is 0. The fourth-order valence-corrected chi connectivity index (χ4v) is 12.5. The number of allylic oxidation sites excluding steroid dienone is 14. The van der Waals surface area contributed by atoms with Gasteiger partial charge in [-0.2, -0.15) is 0 Å². The zero-order valence-corrected chi connectivity index (χ0v) is 33.9. The Morgan fingerprint density at radius 3 is 2.35 bits per heavy atom. The summed E-state index contributed by atoms with van der Waals surface area (Å²) in [5.74, 6) is 2.47. The Morgan fingerprint density at radius 1 is 0.614 bits per heavy atom. The van der Waals surface area contributed by atoms with Gasteiger partial charge in [-0.25, -0.2) is 0 Å². The van der Waals surface area contributed by atoms with Gasteiger partial charge < -0.3 is 9.80 Å². The first kappa shape index (κ1) is 35.6. The number of fused-ring (bicyclic) bond motifs is 5. The van der Waals surface area contributed by atoms with Gasteiger partial charge in [-0.05, 0) is 171 Å². The zero-order valence-electron chi connectivity index (χ0n) is 33.9. The Balaban J connectivity index is 0.942. The van der Waals surface area contributed by atoms with Crippen molar-refractivity contribution in [2.75, 3.05) is 4.90 Å². The highest BCUT2D eigenvalue weighted by Crippen LogP contribution is 2.52. The molecule has 2 aromatic rings. The standard InChI is InChI=1S/C55H60N2/c1-4-16-38(17-5-1)41-22-14-24-46(33-41)56-52-27-12-10-26-49(52)51-37-43(30-31-55(51)56)42-23-15-29-54-50(36-42)48-25-11-13-28-53(48)57(54)47-34-44(39-18-6-2-7-19-39)32-45(35-47)40-20-8-3-9-21-40/h2,4,6-7,10-11,15-16,18-20,23-26,30-32,34,36-38,41,47-49,52-53H,1,3,5,8-9,12-14,17,21-22,27-29,33,35H2. The Hall–Kier alpha value is -4.56. The summed E-state index contributed by atoms with van der Waals surface area (Å²) in [5, 5.41) is 0. The minimum absolute atomic E-state index is 0.363. The molecule has 7 atom stereocenters. The van der Waals surface area contributed by atoms with Gasteiger partial charge in [0.05, 0.1) is 6.04 Å². The van der Waals surface area contributed by atoms with E-state index < -0.39 is 0 Å². The van der Waals surface area contributed by atoms with Crippen molar-refractivity contribution in [3.8, 4) is 0 Å². The summed E-state index contributed by atoms with van der Waals surface area (Å²) in [6, 6.07) is 20.2. The van der Waals surface area contributed by atoms with Crippen LogP contribution in [0.2, 0.25) is 0 Å². The van der Waals surface area contributed by atoms with Crippen LogP contribution in [-0.2, 0) is 0 Å². The van der Waals surface area contributed by atoms with Crippen LogP contribution in [0.15, 0.2) is 156 Å². The van der Waals surface area contributed by atoms with Crippen LogP contribution < -0.4 is 4.90 Å². The molecule has 57 heavy (non-hydrogen) atoms. The van der Waals surface area contributed by atoms with Crippen molar-refractivity contribution < 1.29 is 0 Å². The number of hydrogen-bond donors (Lipinski definition) is 0. The van der Waals surface area contributed by atoms with E-state index in [9.17, 15) is 0 Å². The van der Waals surface area contributed by atoms with Crippen molar-refractivity contribution in [3.63, 3.8) is 0 Å². The molecular weight excluding hydrogens is 689 g/mol. The topological polar surface area (TPSA) is 6.48 Å². The SMILES string of the molecule is C1=CC(C2CCC=C(N3c4ccc(C5=CC6=C(CC=C5)N(C5C=C(c7ccccc7)C=C(C7=CCCCC7)C5)C5CCC=CC65)cc4C4C=CCCC43)C2)CCC1. The molecule has 9 aliphatic rings. The van der Waals surface area contributed by atoms with Crippen LogP contribution in [0.4, 0.5) is 5.69 Å². The van der Waals surface area contributed by atoms with Crippen LogP contribution in [-0.4, -0.2) is 23.0 Å². The molecule has 2 heteroatoms. The van der Waals surface area contributed by atoms with Crippen LogP contribution in [0.25, 0.3) is 11.1 Å². The molecule has 7 unspecified atom stereocenters. The van der Waals surface area contributed by atoms with Crippen molar-refractivity contribution >= 4 is 16.8 Å². The summed E-state index contributed by atoms with van der Waals surface area (Å²) in [5.41, 5.74) is 16.4. The maximum atomic E-state index is 2.92. The lowest BCUT2D eigenvalue weighted by Crippen LogP contribution is -2.42. The highest BCUT2D eigenvalue weighted by atomic mass is 15.2. The largest absolute Gasteiger partial charge is 0.364 e. The quantitative estimate of drug-likeness (QED) is 0.272. The zero-order chi connectivity index (χ0) is 37.7. The van der Waals surface area contributed by atoms with Crippen molar-refractivity contribution in [3.05, 3.63) is 172 Å². The van der Waals surface area contributed by atoms with Crippen LogP contribution in [0.5, 0.6) is 0 Å². The summed E-state index contributed by atoms with van der Waals surface area (Å²) in [6.07, 6.45) is 52.9. The molecule has 2 nitrogen and oxygen atoms in total. The van der Waals surface area contributed by atoms with Gasteiger partial charge in [0, 0.05) is 47.4 Å². The fraction of sp³-hybridized carbons (Fsp3) is 0.418. The average molecular weight is 749 g/mol. The van der Waals surface area contributed by atoms with E-state index in [-0.39, 0.29) is 0 Å². The monoisotopic (exact) mass is 748 g/mol. The third-order valence-corrected chi connectivity index (χ3v) is 15.3. The molecule has 7 aliphatic carbocycles. The highest BCUT2D eigenvalue weighted by Gasteiger charge is 2.44. The first-order valence-electron chi connectivity index (χ1n) is 23.0. The second-order valence-electron chi connectivity index (χ2n) is 18.5. The Morgan fingerprint density at radius 2 is 1.49 bits per heavy atom. The Bertz CT molecular complexity index is 2210. The average Bonchev–Trinajstić information content (AvgIpc) is 3.68. The van der Waals surface area contributed by atoms with E-state index in [1.165, 1.54) is 118 Å². The number of anilines is 1. The Kier molecular flexibility index (Phi) is 9.56. The van der Waals surface area contributed by atoms with E-state index in [2.05, 4.69) is 137 Å². The lowest BCUT2D eigenvalue weighted by molar-refractivity contribution is 0.197. The molecule has 290 valence electrons. The highest BCUT2D eigenvalue weighted by molar-refractivity contribution is 5.82. The first-order valence-corrected chi connectivity index (χ1v) is 23.0. The van der Waals surface area contributed by atoms with Gasteiger partial charge in [0.25, 0.3) is 0 Å². The lowest BCUT2D eigenvalue weighted by atomic mass is 9.77. The van der Waals surface area contributed by atoms with E-state index >= 15 is 0 Å². The van der Waals surface area contributed by atoms with Gasteiger partial charge in [0.1, 0.15) is 0 Å². The normalized spacial score (nSPS) is 31.7. The number of nitrogens with zero attached hydrogens (tertiary/aromatic N) is 2. The van der Waals surface area contributed by atoms with Crippen LogP contribution in [0.3, 0.4) is 0 Å². The molecule has 0 N–H and O–H groups in total. The first-order chi connectivity index (χ1) is 28.3. The summed E-state index contributed by atoms with van der Waals surface area (Å²) in [4.78, 5) is 5.74. The third kappa shape index (κ3) is 6.56. The van der Waals surface area contributed by atoms with Gasteiger partial charge in [-0.15, -0.1) is 0 Å². The molecule has 2 aromatic carbocycles. The van der Waals surface area contributed by atoms with E-state index in [0.717, 1.165) is 24.7 Å². The predicted octanol–water partition coefficient (Wildman–Crippen LogP) is 13.9. The van der Waals surface area contributed by atoms with E-state index in [0.29, 0.717) is 30.0 Å². The van der Waals surface area contributed by atoms with Gasteiger partial charge in [0.15, 0.2) is 0 Å². The number of rotatable bonds is 6. The van der Waals surface area contributed by atoms with Crippen LogP contribution in [0.1, 0.15) is 125 Å². The lowest BCUT2D eigenvalue weighted by Gasteiger charge is -2.40. The minimum atomic E-state index is 0.363. The summed E-state index contributed by atoms with van der Waals surface area (Å²) in [6.45, 7) is 0. The molecule has 0 saturated carbocycles. The van der Waals surface area contributed by atoms with E-state index in [1.54, 1.807) is 33.7 Å².